The van der Waals surface area contributed by atoms with Crippen molar-refractivity contribution in [2.75, 3.05) is 39.0 Å². The average Bonchev–Trinajstić information content (AvgIpc) is 2.13. The third kappa shape index (κ3) is 3.71. The maximum atomic E-state index is 11.9. The highest BCUT2D eigenvalue weighted by Gasteiger charge is 2.33. The molecule has 0 bridgehead atoms. The van der Waals surface area contributed by atoms with E-state index < -0.39 is 10.0 Å². The summed E-state index contributed by atoms with van der Waals surface area (Å²) in [5.74, 6) is 0.152. The van der Waals surface area contributed by atoms with Crippen LogP contribution in [0.5, 0.6) is 0 Å². The zero-order chi connectivity index (χ0) is 11.5. The summed E-state index contributed by atoms with van der Waals surface area (Å²) in [7, 11) is -1.38. The van der Waals surface area contributed by atoms with Crippen LogP contribution in [0.3, 0.4) is 0 Å². The topological polar surface area (TPSA) is 58.6 Å². The van der Waals surface area contributed by atoms with E-state index in [1.807, 2.05) is 13.8 Å². The summed E-state index contributed by atoms with van der Waals surface area (Å²) in [5, 5.41) is 2.85. The van der Waals surface area contributed by atoms with Gasteiger partial charge in [-0.25, -0.2) is 8.42 Å². The first-order chi connectivity index (χ1) is 6.87. The van der Waals surface area contributed by atoms with E-state index in [1.54, 1.807) is 7.05 Å². The van der Waals surface area contributed by atoms with Gasteiger partial charge in [0.15, 0.2) is 0 Å². The highest BCUT2D eigenvalue weighted by Crippen LogP contribution is 2.18. The van der Waals surface area contributed by atoms with E-state index in [9.17, 15) is 8.42 Å². The van der Waals surface area contributed by atoms with Crippen LogP contribution in [0.4, 0.5) is 0 Å². The lowest BCUT2D eigenvalue weighted by molar-refractivity contribution is -0.0640. The molecule has 15 heavy (non-hydrogen) atoms. The van der Waals surface area contributed by atoms with Crippen LogP contribution in [0.25, 0.3) is 0 Å². The molecule has 90 valence electrons. The zero-order valence-corrected chi connectivity index (χ0v) is 10.4. The van der Waals surface area contributed by atoms with Crippen molar-refractivity contribution in [3.63, 3.8) is 0 Å². The minimum atomic E-state index is -3.13. The van der Waals surface area contributed by atoms with Gasteiger partial charge in [-0.1, -0.05) is 0 Å². The second-order valence-electron chi connectivity index (χ2n) is 4.36. The summed E-state index contributed by atoms with van der Waals surface area (Å²) in [4.78, 5) is 0. The first-order valence-electron chi connectivity index (χ1n) is 5.14. The predicted octanol–water partition coefficient (Wildman–Crippen LogP) is -0.354. The molecule has 0 unspecified atom stereocenters. The lowest BCUT2D eigenvalue weighted by Gasteiger charge is -2.37. The molecule has 0 aromatic carbocycles. The molecule has 0 spiro atoms. The van der Waals surface area contributed by atoms with Crippen molar-refractivity contribution in [2.45, 2.75) is 19.4 Å². The molecule has 1 aliphatic rings. The standard InChI is InChI=1S/C9H20N2O3S/c1-9(2)8-11(5-6-14-9)15(12,13)7-4-10-3/h10H,4-8H2,1-3H3. The summed E-state index contributed by atoms with van der Waals surface area (Å²) in [5.41, 5.74) is -0.370. The molecule has 0 amide bonds. The number of nitrogens with one attached hydrogen (secondary N) is 1. The molecule has 0 radical (unpaired) electrons. The van der Waals surface area contributed by atoms with Crippen LogP contribution in [0.1, 0.15) is 13.8 Å². The smallest absolute Gasteiger partial charge is 0.215 e. The van der Waals surface area contributed by atoms with Crippen molar-refractivity contribution < 1.29 is 13.2 Å². The molecule has 1 rings (SSSR count). The van der Waals surface area contributed by atoms with Gasteiger partial charge in [0.05, 0.1) is 18.0 Å². The average molecular weight is 236 g/mol. The Morgan fingerprint density at radius 1 is 1.47 bits per heavy atom. The number of morpholine rings is 1. The summed E-state index contributed by atoms with van der Waals surface area (Å²) in [6.07, 6.45) is 0. The van der Waals surface area contributed by atoms with Gasteiger partial charge in [-0.05, 0) is 20.9 Å². The first-order valence-corrected chi connectivity index (χ1v) is 6.75. The number of hydrogen-bond acceptors (Lipinski definition) is 4. The third-order valence-corrected chi connectivity index (χ3v) is 4.21. The van der Waals surface area contributed by atoms with Crippen LogP contribution in [0.2, 0.25) is 0 Å². The van der Waals surface area contributed by atoms with Gasteiger partial charge in [-0.2, -0.15) is 4.31 Å². The van der Waals surface area contributed by atoms with Gasteiger partial charge >= 0.3 is 0 Å². The number of sulfonamides is 1. The van der Waals surface area contributed by atoms with Gasteiger partial charge < -0.3 is 10.1 Å². The monoisotopic (exact) mass is 236 g/mol. The van der Waals surface area contributed by atoms with Crippen LogP contribution in [0, 0.1) is 0 Å². The second-order valence-corrected chi connectivity index (χ2v) is 6.45. The van der Waals surface area contributed by atoms with Gasteiger partial charge in [-0.15, -0.1) is 0 Å². The van der Waals surface area contributed by atoms with Crippen LogP contribution < -0.4 is 5.32 Å². The van der Waals surface area contributed by atoms with Crippen molar-refractivity contribution in [1.29, 1.82) is 0 Å². The van der Waals surface area contributed by atoms with Crippen molar-refractivity contribution in [3.05, 3.63) is 0 Å². The fourth-order valence-electron chi connectivity index (χ4n) is 1.57. The van der Waals surface area contributed by atoms with Gasteiger partial charge in [0.25, 0.3) is 0 Å². The van der Waals surface area contributed by atoms with Crippen molar-refractivity contribution in [3.8, 4) is 0 Å². The zero-order valence-electron chi connectivity index (χ0n) is 9.62. The lowest BCUT2D eigenvalue weighted by atomic mass is 10.1. The van der Waals surface area contributed by atoms with Crippen LogP contribution in [-0.4, -0.2) is 57.4 Å². The Balaban J connectivity index is 2.63. The lowest BCUT2D eigenvalue weighted by Crippen LogP contribution is -2.51. The quantitative estimate of drug-likeness (QED) is 0.724. The molecule has 5 nitrogen and oxygen atoms in total. The van der Waals surface area contributed by atoms with E-state index in [0.717, 1.165) is 0 Å². The Morgan fingerprint density at radius 2 is 2.13 bits per heavy atom. The number of ether oxygens (including phenoxy) is 1. The van der Waals surface area contributed by atoms with Crippen molar-refractivity contribution in [2.24, 2.45) is 0 Å². The molecule has 0 aromatic rings. The van der Waals surface area contributed by atoms with E-state index in [-0.39, 0.29) is 11.4 Å². The maximum Gasteiger partial charge on any atom is 0.215 e. The molecule has 0 aromatic heterocycles. The van der Waals surface area contributed by atoms with E-state index in [4.69, 9.17) is 4.74 Å². The van der Waals surface area contributed by atoms with Gasteiger partial charge in [-0.3, -0.25) is 0 Å². The highest BCUT2D eigenvalue weighted by atomic mass is 32.2. The fourth-order valence-corrected chi connectivity index (χ4v) is 3.15. The Morgan fingerprint density at radius 3 is 2.67 bits per heavy atom. The minimum absolute atomic E-state index is 0.152. The summed E-state index contributed by atoms with van der Waals surface area (Å²) in [6, 6.07) is 0. The molecular formula is C9H20N2O3S. The number of rotatable bonds is 4. The van der Waals surface area contributed by atoms with Gasteiger partial charge in [0, 0.05) is 19.6 Å². The van der Waals surface area contributed by atoms with E-state index in [0.29, 0.717) is 26.2 Å². The Hall–Kier alpha value is -0.170. The van der Waals surface area contributed by atoms with Gasteiger partial charge in [0.2, 0.25) is 10.0 Å². The largest absolute Gasteiger partial charge is 0.373 e. The van der Waals surface area contributed by atoms with Crippen LogP contribution >= 0.6 is 0 Å². The first kappa shape index (κ1) is 12.9. The van der Waals surface area contributed by atoms with Gasteiger partial charge in [0.1, 0.15) is 0 Å². The summed E-state index contributed by atoms with van der Waals surface area (Å²) < 4.78 is 30.7. The highest BCUT2D eigenvalue weighted by molar-refractivity contribution is 7.89. The SMILES string of the molecule is CNCCS(=O)(=O)N1CCOC(C)(C)C1. The van der Waals surface area contributed by atoms with Crippen LogP contribution in [0.15, 0.2) is 0 Å². The third-order valence-electron chi connectivity index (χ3n) is 2.39. The molecule has 6 heteroatoms. The van der Waals surface area contributed by atoms with E-state index in [1.165, 1.54) is 4.31 Å². The molecule has 1 N–H and O–H groups in total. The molecule has 0 aliphatic carbocycles. The van der Waals surface area contributed by atoms with Crippen LogP contribution in [-0.2, 0) is 14.8 Å². The normalized spacial score (nSPS) is 22.9. The fraction of sp³-hybridized carbons (Fsp3) is 1.00. The Kier molecular flexibility index (Phi) is 4.11. The summed E-state index contributed by atoms with van der Waals surface area (Å²) >= 11 is 0. The molecule has 0 saturated carbocycles. The molecular weight excluding hydrogens is 216 g/mol. The maximum absolute atomic E-state index is 11.9. The Bertz CT molecular complexity index is 300. The van der Waals surface area contributed by atoms with Crippen molar-refractivity contribution >= 4 is 10.0 Å². The molecule has 1 fully saturated rings. The van der Waals surface area contributed by atoms with Crippen molar-refractivity contribution in [1.82, 2.24) is 9.62 Å². The number of nitrogens with zero attached hydrogens (tertiary/aromatic N) is 1. The van der Waals surface area contributed by atoms with E-state index in [2.05, 4.69) is 5.32 Å². The molecule has 1 aliphatic heterocycles. The molecule has 0 atom stereocenters. The summed E-state index contributed by atoms with van der Waals surface area (Å²) in [6.45, 7) is 5.69. The minimum Gasteiger partial charge on any atom is -0.373 e. The predicted molar refractivity (Wildman–Crippen MR) is 59.3 cm³/mol. The van der Waals surface area contributed by atoms with E-state index >= 15 is 0 Å². The second kappa shape index (κ2) is 4.78. The molecule has 1 saturated heterocycles. The molecule has 1 heterocycles. The Labute approximate surface area is 91.8 Å². The number of hydrogen-bond donors (Lipinski definition) is 1.